The number of thiol groups is 1. The van der Waals surface area contributed by atoms with Crippen LogP contribution in [0.2, 0.25) is 0 Å². The second-order valence-corrected chi connectivity index (χ2v) is 33.5. The lowest BCUT2D eigenvalue weighted by Gasteiger charge is -2.33. The fourth-order valence-electron chi connectivity index (χ4n) is 11.9. The van der Waals surface area contributed by atoms with Gasteiger partial charge >= 0.3 is 23.9 Å². The van der Waals surface area contributed by atoms with Gasteiger partial charge in [-0.3, -0.25) is 95.9 Å². The lowest BCUT2D eigenvalue weighted by atomic mass is 9.85. The SMILES string of the molecule is C/C=C(\C)CSC[C@H](NC(=O)[C@H](C)N)C(=O)N[C@H](C)C(=O)N[C@@H](CC(N)=O)C(=O)N[C@@H](CCC(=O)O)C(=O)N[C@@H](Cc1cccc2ccccc12)C(=O)N[C@H](C)C(=O)N[C@H](CS)C(=O)N[C@@H](CCC(=O)O)C(=O)N[C@@H](CC(=O)O)C(=O)N[C@@H](Cc1ccccc1)C(=O)N[C@@H](CC[C@H](C)O)C(=O)N[C@@H](CC(=O)O)C(=O)N[C@H](C(=O)N[C@@H](CSCC)C(N)=O)C(C)(C)C. The zero-order valence-electron chi connectivity index (χ0n) is 71.5. The summed E-state index contributed by atoms with van der Waals surface area (Å²) in [5.74, 6) is -23.8. The van der Waals surface area contributed by atoms with Crippen molar-refractivity contribution < 1.29 is 121 Å². The van der Waals surface area contributed by atoms with Crippen molar-refractivity contribution >= 4 is 165 Å². The predicted molar refractivity (Wildman–Crippen MR) is 465 cm³/mol. The molecule has 25 N–H and O–H groups in total. The van der Waals surface area contributed by atoms with Crippen molar-refractivity contribution in [3.63, 3.8) is 0 Å². The van der Waals surface area contributed by atoms with E-state index in [1.807, 2.05) is 19.9 Å². The molecular formula is C81H117N17O25S3. The summed E-state index contributed by atoms with van der Waals surface area (Å²) in [7, 11) is 0. The minimum Gasteiger partial charge on any atom is -0.481 e. The Kier molecular flexibility index (Phi) is 46.4. The Hall–Kier alpha value is -12.0. The third kappa shape index (κ3) is 39.1. The van der Waals surface area contributed by atoms with Gasteiger partial charge in [-0.05, 0) is 100 Å². The first-order chi connectivity index (χ1) is 59.1. The van der Waals surface area contributed by atoms with Gasteiger partial charge in [0, 0.05) is 48.7 Å². The van der Waals surface area contributed by atoms with Gasteiger partial charge in [0.05, 0.1) is 31.4 Å². The van der Waals surface area contributed by atoms with Crippen LogP contribution >= 0.6 is 36.2 Å². The number of aliphatic hydroxyl groups is 1. The van der Waals surface area contributed by atoms with Gasteiger partial charge in [-0.25, -0.2) is 0 Å². The number of aliphatic carboxylic acids is 4. The third-order valence-corrected chi connectivity index (χ3v) is 21.6. The lowest BCUT2D eigenvalue weighted by Crippen LogP contribution is -2.62. The van der Waals surface area contributed by atoms with Gasteiger partial charge in [-0.1, -0.05) is 112 Å². The molecule has 16 atom stereocenters. The highest BCUT2D eigenvalue weighted by Gasteiger charge is 2.41. The first-order valence-corrected chi connectivity index (χ1v) is 43.1. The summed E-state index contributed by atoms with van der Waals surface area (Å²) in [6.07, 6.45) is -7.27. The van der Waals surface area contributed by atoms with Crippen LogP contribution in [-0.4, -0.2) is 269 Å². The molecule has 0 aliphatic rings. The number of hydrogen-bond acceptors (Lipinski definition) is 25. The normalized spacial score (nSPS) is 15.2. The smallest absolute Gasteiger partial charge is 0.305 e. The molecule has 3 aromatic carbocycles. The molecule has 0 aliphatic heterocycles. The van der Waals surface area contributed by atoms with E-state index >= 15 is 0 Å². The van der Waals surface area contributed by atoms with Crippen molar-refractivity contribution in [2.75, 3.05) is 28.8 Å². The van der Waals surface area contributed by atoms with Crippen LogP contribution in [0.3, 0.4) is 0 Å². The number of carbonyl (C=O) groups is 20. The quantitative estimate of drug-likeness (QED) is 0.0192. The van der Waals surface area contributed by atoms with E-state index in [0.29, 0.717) is 33.4 Å². The number of allylic oxidation sites excluding steroid dienone is 1. The van der Waals surface area contributed by atoms with Gasteiger partial charge in [0.2, 0.25) is 94.5 Å². The minimum absolute atomic E-state index is 0.0324. The molecule has 0 radical (unpaired) electrons. The number of hydrogen-bond donors (Lipinski definition) is 23. The fourth-order valence-corrected chi connectivity index (χ4v) is 13.9. The molecule has 0 aliphatic carbocycles. The van der Waals surface area contributed by atoms with E-state index < -0.39 is 284 Å². The molecule has 0 saturated heterocycles. The van der Waals surface area contributed by atoms with Crippen LogP contribution in [0.4, 0.5) is 0 Å². The summed E-state index contributed by atoms with van der Waals surface area (Å²) in [5, 5.41) is 84.5. The Morgan fingerprint density at radius 2 is 0.810 bits per heavy atom. The molecule has 694 valence electrons. The fraction of sp³-hybridized carbons (Fsp3) is 0.531. The van der Waals surface area contributed by atoms with Gasteiger partial charge in [-0.15, -0.1) is 0 Å². The number of primary amides is 2. The average Bonchev–Trinajstić information content (AvgIpc) is 0.831. The van der Waals surface area contributed by atoms with E-state index in [9.17, 15) is 121 Å². The Morgan fingerprint density at radius 1 is 0.421 bits per heavy atom. The van der Waals surface area contributed by atoms with Crippen LogP contribution in [0.15, 0.2) is 84.4 Å². The molecule has 45 heteroatoms. The zero-order chi connectivity index (χ0) is 95.0. The molecule has 42 nitrogen and oxygen atoms in total. The predicted octanol–water partition coefficient (Wildman–Crippen LogP) is -3.57. The molecule has 16 amide bonds. The van der Waals surface area contributed by atoms with E-state index in [0.717, 1.165) is 12.5 Å². The summed E-state index contributed by atoms with van der Waals surface area (Å²) in [6.45, 7) is 15.1. The lowest BCUT2D eigenvalue weighted by molar-refractivity contribution is -0.142. The summed E-state index contributed by atoms with van der Waals surface area (Å²) in [5.41, 5.74) is 17.3. The number of benzene rings is 3. The zero-order valence-corrected chi connectivity index (χ0v) is 74.0. The number of carboxylic acids is 4. The molecule has 0 spiro atoms. The number of fused-ring (bicyclic) bond motifs is 1. The van der Waals surface area contributed by atoms with Crippen molar-refractivity contribution in [1.82, 2.24) is 74.4 Å². The van der Waals surface area contributed by atoms with Crippen LogP contribution in [0, 0.1) is 5.41 Å². The average molecular weight is 1830 g/mol. The van der Waals surface area contributed by atoms with Crippen LogP contribution in [-0.2, 0) is 109 Å². The number of carbonyl (C=O) groups excluding carboxylic acids is 16. The van der Waals surface area contributed by atoms with Crippen LogP contribution < -0.4 is 91.6 Å². The standard InChI is InChI=1S/C81H117N17O25S3/c1-11-40(3)37-126-39-59(97-67(110)42(5)82)79(122)86-43(6)68(111)90-54(33-60(83)100)75(118)88-50(27-29-61(101)102)71(114)92-53(32-47-23-18-22-46-21-16-17-24-48(46)47)73(116)85-44(7)69(112)95-57(36-124)78(121)89-51(28-30-62(103)104)72(115)93-55(34-63(105)106)76(119)91-52(31-45-19-14-13-15-20-45)74(117)87-49(26-25-41(4)99)70(113)94-56(35-64(107)108)77(120)98-65(81(8,9)10)80(123)96-58(66(84)109)38-125-12-2/h11,13-24,41-44,49-59,65,99,124H,12,25-39,82H2,1-10H3,(H2,83,100)(H2,84,109)(H,85,116)(H,86,122)(H,87,117)(H,88,118)(H,89,121)(H,90,111)(H,91,119)(H,92,114)(H,93,115)(H,94,113)(H,95,112)(H,96,123)(H,97,110)(H,98,120)(H,101,102)(H,103,104)(H,105,106)(H,107,108)/b40-11+/t41-,42-,43+,44+,49-,50-,51-,52-,53-,54-,55-,56-,57+,58-,59-,65+/m0/s1. The van der Waals surface area contributed by atoms with Crippen molar-refractivity contribution in [2.45, 2.75) is 237 Å². The van der Waals surface area contributed by atoms with Crippen molar-refractivity contribution in [2.24, 2.45) is 22.6 Å². The molecule has 0 unspecified atom stereocenters. The van der Waals surface area contributed by atoms with Crippen LogP contribution in [0.5, 0.6) is 0 Å². The highest BCUT2D eigenvalue weighted by Crippen LogP contribution is 2.23. The van der Waals surface area contributed by atoms with E-state index in [4.69, 9.17) is 17.2 Å². The Labute approximate surface area is 741 Å². The Morgan fingerprint density at radius 3 is 1.27 bits per heavy atom. The van der Waals surface area contributed by atoms with E-state index in [-0.39, 0.29) is 24.3 Å². The first kappa shape index (κ1) is 108. The maximum Gasteiger partial charge on any atom is 0.305 e. The number of thioether (sulfide) groups is 2. The topological polar surface area (TPSA) is 689 Å². The van der Waals surface area contributed by atoms with Gasteiger partial charge in [-0.2, -0.15) is 36.2 Å². The van der Waals surface area contributed by atoms with Gasteiger partial charge in [0.25, 0.3) is 0 Å². The Balaban J connectivity index is 1.98. The maximum absolute atomic E-state index is 14.7. The number of amides is 16. The number of nitrogens with two attached hydrogens (primary N) is 3. The van der Waals surface area contributed by atoms with Crippen molar-refractivity contribution in [1.29, 1.82) is 0 Å². The minimum atomic E-state index is -2.19. The molecular weight excluding hydrogens is 1710 g/mol. The number of aliphatic hydroxyl groups excluding tert-OH is 1. The first-order valence-electron chi connectivity index (χ1n) is 40.1. The highest BCUT2D eigenvalue weighted by atomic mass is 32.2. The van der Waals surface area contributed by atoms with E-state index in [1.54, 1.807) is 67.6 Å². The van der Waals surface area contributed by atoms with E-state index in [2.05, 4.69) is 87.1 Å². The van der Waals surface area contributed by atoms with Gasteiger partial charge in [0.15, 0.2) is 0 Å². The van der Waals surface area contributed by atoms with Crippen LogP contribution in [0.25, 0.3) is 10.8 Å². The number of nitrogens with one attached hydrogen (secondary N) is 14. The Bertz CT molecular complexity index is 4400. The molecule has 3 aromatic rings. The summed E-state index contributed by atoms with van der Waals surface area (Å²) in [6, 6.07) is -5.65. The maximum atomic E-state index is 14.7. The second kappa shape index (κ2) is 54.0. The summed E-state index contributed by atoms with van der Waals surface area (Å²) >= 11 is 6.76. The monoisotopic (exact) mass is 1820 g/mol. The molecule has 126 heavy (non-hydrogen) atoms. The largest absolute Gasteiger partial charge is 0.481 e. The summed E-state index contributed by atoms with van der Waals surface area (Å²) < 4.78 is 0. The molecule has 0 saturated carbocycles. The highest BCUT2D eigenvalue weighted by molar-refractivity contribution is 7.99. The molecule has 0 heterocycles. The van der Waals surface area contributed by atoms with Crippen LogP contribution in [0.1, 0.15) is 138 Å². The molecule has 0 bridgehead atoms. The third-order valence-electron chi connectivity index (χ3n) is 19.0. The molecule has 0 fully saturated rings. The summed E-state index contributed by atoms with van der Waals surface area (Å²) in [4.78, 5) is 271. The molecule has 0 aromatic heterocycles. The van der Waals surface area contributed by atoms with Gasteiger partial charge in [0.1, 0.15) is 84.6 Å². The van der Waals surface area contributed by atoms with Gasteiger partial charge < -0.3 is 117 Å². The van der Waals surface area contributed by atoms with Crippen molar-refractivity contribution in [3.8, 4) is 0 Å². The molecule has 3 rings (SSSR count). The van der Waals surface area contributed by atoms with E-state index in [1.165, 1.54) is 77.2 Å². The number of carboxylic acid groups (broad SMARTS) is 4. The second-order valence-electron chi connectivity index (χ2n) is 30.8. The number of rotatable bonds is 56. The van der Waals surface area contributed by atoms with Crippen molar-refractivity contribution in [3.05, 3.63) is 95.6 Å².